The minimum absolute atomic E-state index is 0. The lowest BCUT2D eigenvalue weighted by Crippen LogP contribution is -2.44. The summed E-state index contributed by atoms with van der Waals surface area (Å²) in [6.45, 7) is 4.42. The molecule has 25 heavy (non-hydrogen) atoms. The summed E-state index contributed by atoms with van der Waals surface area (Å²) in [7, 11) is 0. The lowest BCUT2D eigenvalue weighted by molar-refractivity contribution is -0.135. The molecule has 0 radical (unpaired) electrons. The van der Waals surface area contributed by atoms with Crippen molar-refractivity contribution in [2.24, 2.45) is 5.92 Å². The standard InChI is InChI=1S/C18H24ClN3O2.ClH/c19-16-6-4-14(5-7-16)17(23)21-9-2-10-22(12-11-21)18(24)15-3-1-8-20-13-15;/h4-7,15,20H,1-3,8-13H2;1H. The van der Waals surface area contributed by atoms with Crippen molar-refractivity contribution in [3.8, 4) is 0 Å². The van der Waals surface area contributed by atoms with Gasteiger partial charge in [-0.05, 0) is 50.1 Å². The molecule has 0 aliphatic carbocycles. The van der Waals surface area contributed by atoms with Gasteiger partial charge in [0, 0.05) is 43.3 Å². The third kappa shape index (κ3) is 5.09. The van der Waals surface area contributed by atoms with Crippen LogP contribution in [0.25, 0.3) is 0 Å². The first-order valence-electron chi connectivity index (χ1n) is 8.69. The molecule has 2 fully saturated rings. The highest BCUT2D eigenvalue weighted by atomic mass is 35.5. The summed E-state index contributed by atoms with van der Waals surface area (Å²) >= 11 is 5.88. The molecule has 1 unspecified atom stereocenters. The zero-order valence-electron chi connectivity index (χ0n) is 14.2. The molecule has 0 saturated carbocycles. The number of hydrogen-bond donors (Lipinski definition) is 1. The van der Waals surface area contributed by atoms with Gasteiger partial charge in [-0.3, -0.25) is 9.59 Å². The van der Waals surface area contributed by atoms with E-state index in [1.165, 1.54) is 0 Å². The molecule has 2 aliphatic rings. The summed E-state index contributed by atoms with van der Waals surface area (Å²) in [4.78, 5) is 29.0. The molecule has 2 amide bonds. The van der Waals surface area contributed by atoms with Crippen LogP contribution in [-0.4, -0.2) is 60.9 Å². The van der Waals surface area contributed by atoms with Crippen molar-refractivity contribution in [1.82, 2.24) is 15.1 Å². The van der Waals surface area contributed by atoms with E-state index in [1.807, 2.05) is 9.80 Å². The second kappa shape index (κ2) is 9.41. The van der Waals surface area contributed by atoms with Crippen LogP contribution in [0.4, 0.5) is 0 Å². The van der Waals surface area contributed by atoms with Crippen LogP contribution in [0.15, 0.2) is 24.3 Å². The second-order valence-electron chi connectivity index (χ2n) is 6.52. The fraction of sp³-hybridized carbons (Fsp3) is 0.556. The molecule has 2 heterocycles. The average molecular weight is 386 g/mol. The topological polar surface area (TPSA) is 52.7 Å². The Kier molecular flexibility index (Phi) is 7.54. The van der Waals surface area contributed by atoms with Crippen LogP contribution in [0.1, 0.15) is 29.6 Å². The van der Waals surface area contributed by atoms with E-state index in [0.717, 1.165) is 38.9 Å². The highest BCUT2D eigenvalue weighted by Gasteiger charge is 2.28. The Morgan fingerprint density at radius 1 is 1.00 bits per heavy atom. The van der Waals surface area contributed by atoms with Gasteiger partial charge in [0.1, 0.15) is 0 Å². The lowest BCUT2D eigenvalue weighted by atomic mass is 9.98. The molecule has 1 aromatic rings. The number of amides is 2. The van der Waals surface area contributed by atoms with Gasteiger partial charge in [0.15, 0.2) is 0 Å². The number of carbonyl (C=O) groups is 2. The van der Waals surface area contributed by atoms with Gasteiger partial charge >= 0.3 is 0 Å². The average Bonchev–Trinajstić information content (AvgIpc) is 2.88. The third-order valence-corrected chi connectivity index (χ3v) is 5.08. The van der Waals surface area contributed by atoms with Crippen LogP contribution in [-0.2, 0) is 4.79 Å². The fourth-order valence-corrected chi connectivity index (χ4v) is 3.56. The first kappa shape index (κ1) is 20.0. The second-order valence-corrected chi connectivity index (χ2v) is 6.96. The first-order chi connectivity index (χ1) is 11.6. The predicted molar refractivity (Wildman–Crippen MR) is 101 cm³/mol. The van der Waals surface area contributed by atoms with Gasteiger partial charge in [-0.15, -0.1) is 12.4 Å². The number of piperidine rings is 1. The third-order valence-electron chi connectivity index (χ3n) is 4.83. The van der Waals surface area contributed by atoms with Crippen molar-refractivity contribution >= 4 is 35.8 Å². The summed E-state index contributed by atoms with van der Waals surface area (Å²) in [5, 5.41) is 3.93. The lowest BCUT2D eigenvalue weighted by Gasteiger charge is -2.29. The Labute approximate surface area is 160 Å². The van der Waals surface area contributed by atoms with Gasteiger partial charge in [-0.25, -0.2) is 0 Å². The Hall–Kier alpha value is -1.30. The van der Waals surface area contributed by atoms with E-state index in [1.54, 1.807) is 24.3 Å². The van der Waals surface area contributed by atoms with Gasteiger partial charge in [-0.1, -0.05) is 11.6 Å². The minimum atomic E-state index is 0. The number of nitrogens with zero attached hydrogens (tertiary/aromatic N) is 2. The molecule has 2 aliphatic heterocycles. The minimum Gasteiger partial charge on any atom is -0.341 e. The van der Waals surface area contributed by atoms with Gasteiger partial charge in [0.2, 0.25) is 5.91 Å². The Morgan fingerprint density at radius 3 is 2.36 bits per heavy atom. The zero-order valence-corrected chi connectivity index (χ0v) is 15.8. The maximum Gasteiger partial charge on any atom is 0.253 e. The quantitative estimate of drug-likeness (QED) is 0.850. The van der Waals surface area contributed by atoms with Crippen molar-refractivity contribution in [2.45, 2.75) is 19.3 Å². The summed E-state index contributed by atoms with van der Waals surface area (Å²) in [6, 6.07) is 6.98. The molecule has 5 nitrogen and oxygen atoms in total. The highest BCUT2D eigenvalue weighted by Crippen LogP contribution is 2.17. The monoisotopic (exact) mass is 385 g/mol. The number of rotatable bonds is 2. The number of benzene rings is 1. The zero-order chi connectivity index (χ0) is 16.9. The van der Waals surface area contributed by atoms with Gasteiger partial charge in [-0.2, -0.15) is 0 Å². The SMILES string of the molecule is Cl.O=C(c1ccc(Cl)cc1)N1CCCN(C(=O)C2CCCNC2)CC1. The van der Waals surface area contributed by atoms with Crippen molar-refractivity contribution in [1.29, 1.82) is 0 Å². The van der Waals surface area contributed by atoms with E-state index in [2.05, 4.69) is 5.32 Å². The summed E-state index contributed by atoms with van der Waals surface area (Å²) in [5.74, 6) is 0.348. The molecule has 1 aromatic carbocycles. The molecule has 3 rings (SSSR count). The van der Waals surface area contributed by atoms with Crippen LogP contribution in [0, 0.1) is 5.92 Å². The maximum atomic E-state index is 12.7. The molecular weight excluding hydrogens is 361 g/mol. The molecular formula is C18H25Cl2N3O2. The fourth-order valence-electron chi connectivity index (χ4n) is 3.44. The summed E-state index contributed by atoms with van der Waals surface area (Å²) < 4.78 is 0. The van der Waals surface area contributed by atoms with E-state index in [0.29, 0.717) is 30.2 Å². The maximum absolute atomic E-state index is 12.7. The van der Waals surface area contributed by atoms with Crippen molar-refractivity contribution < 1.29 is 9.59 Å². The van der Waals surface area contributed by atoms with Crippen LogP contribution in [0.2, 0.25) is 5.02 Å². The molecule has 2 saturated heterocycles. The van der Waals surface area contributed by atoms with E-state index >= 15 is 0 Å². The first-order valence-corrected chi connectivity index (χ1v) is 9.07. The van der Waals surface area contributed by atoms with E-state index in [-0.39, 0.29) is 30.1 Å². The molecule has 138 valence electrons. The number of hydrogen-bond acceptors (Lipinski definition) is 3. The molecule has 1 N–H and O–H groups in total. The van der Waals surface area contributed by atoms with Crippen molar-refractivity contribution in [3.05, 3.63) is 34.9 Å². The van der Waals surface area contributed by atoms with E-state index < -0.39 is 0 Å². The Bertz CT molecular complexity index is 588. The summed E-state index contributed by atoms with van der Waals surface area (Å²) in [5.41, 5.74) is 0.649. The molecule has 0 bridgehead atoms. The number of nitrogens with one attached hydrogen (secondary N) is 1. The Balaban J connectivity index is 0.00000225. The van der Waals surface area contributed by atoms with Crippen LogP contribution < -0.4 is 5.32 Å². The normalized spacial score (nSPS) is 21.2. The molecule has 7 heteroatoms. The van der Waals surface area contributed by atoms with Gasteiger partial charge < -0.3 is 15.1 Å². The summed E-state index contributed by atoms with van der Waals surface area (Å²) in [6.07, 6.45) is 2.85. The Morgan fingerprint density at radius 2 is 1.68 bits per heavy atom. The van der Waals surface area contributed by atoms with Gasteiger partial charge in [0.25, 0.3) is 5.91 Å². The highest BCUT2D eigenvalue weighted by molar-refractivity contribution is 6.30. The van der Waals surface area contributed by atoms with Crippen molar-refractivity contribution in [2.75, 3.05) is 39.3 Å². The van der Waals surface area contributed by atoms with Gasteiger partial charge in [0.05, 0.1) is 5.92 Å². The van der Waals surface area contributed by atoms with Crippen LogP contribution in [0.5, 0.6) is 0 Å². The smallest absolute Gasteiger partial charge is 0.253 e. The molecule has 1 atom stereocenters. The van der Waals surface area contributed by atoms with Crippen molar-refractivity contribution in [3.63, 3.8) is 0 Å². The van der Waals surface area contributed by atoms with Crippen LogP contribution >= 0.6 is 24.0 Å². The number of carbonyl (C=O) groups excluding carboxylic acids is 2. The largest absolute Gasteiger partial charge is 0.341 e. The predicted octanol–water partition coefficient (Wildman–Crippen LogP) is 2.44. The van der Waals surface area contributed by atoms with E-state index in [9.17, 15) is 9.59 Å². The molecule has 0 aromatic heterocycles. The number of halogens is 2. The van der Waals surface area contributed by atoms with Crippen LogP contribution in [0.3, 0.4) is 0 Å². The molecule has 0 spiro atoms. The van der Waals surface area contributed by atoms with E-state index in [4.69, 9.17) is 11.6 Å².